The van der Waals surface area contributed by atoms with Crippen molar-refractivity contribution in [2.75, 3.05) is 0 Å². The number of aliphatic hydroxyl groups is 3. The lowest BCUT2D eigenvalue weighted by Crippen LogP contribution is -2.39. The van der Waals surface area contributed by atoms with E-state index in [0.717, 1.165) is 56.1 Å². The van der Waals surface area contributed by atoms with Crippen molar-refractivity contribution in [1.82, 2.24) is 0 Å². The Kier molecular flexibility index (Phi) is 7.62. The number of carbonyl (C=O) groups excluding carboxylic acids is 1. The Morgan fingerprint density at radius 2 is 1.94 bits per heavy atom. The molecule has 4 heteroatoms. The average molecular weight is 471 g/mol. The molecule has 0 aliphatic heterocycles. The van der Waals surface area contributed by atoms with Gasteiger partial charge in [0.15, 0.2) is 0 Å². The van der Waals surface area contributed by atoms with Crippen molar-refractivity contribution in [2.24, 2.45) is 28.6 Å². The SMILES string of the molecule is C=C1/C(=C\C=C2/CCC[C@]3(C)[C@@H]([C@H](C)[C@@H](O)CCCC4(C(C)=O)CC4)CC[C@@H]23)C[C@@H](O)C[C@@H]1O. The van der Waals surface area contributed by atoms with Crippen LogP contribution in [0.4, 0.5) is 0 Å². The summed E-state index contributed by atoms with van der Waals surface area (Å²) < 4.78 is 0. The number of ketones is 1. The average Bonchev–Trinajstić information content (AvgIpc) is 3.49. The van der Waals surface area contributed by atoms with Crippen molar-refractivity contribution in [3.63, 3.8) is 0 Å². The number of fused-ring (bicyclic) bond motifs is 1. The molecule has 0 heterocycles. The van der Waals surface area contributed by atoms with Gasteiger partial charge in [-0.05, 0) is 112 Å². The molecule has 34 heavy (non-hydrogen) atoms. The third-order valence-electron chi connectivity index (χ3n) is 10.3. The van der Waals surface area contributed by atoms with E-state index in [-0.39, 0.29) is 22.9 Å². The first-order valence-corrected chi connectivity index (χ1v) is 13.7. The van der Waals surface area contributed by atoms with Crippen molar-refractivity contribution in [3.05, 3.63) is 35.5 Å². The predicted octanol–water partition coefficient (Wildman–Crippen LogP) is 5.66. The van der Waals surface area contributed by atoms with E-state index in [1.807, 2.05) is 0 Å². The number of allylic oxidation sites excluding steroid dienone is 3. The summed E-state index contributed by atoms with van der Waals surface area (Å²) in [6, 6.07) is 0. The van der Waals surface area contributed by atoms with Crippen LogP contribution in [0.3, 0.4) is 0 Å². The zero-order valence-electron chi connectivity index (χ0n) is 21.6. The number of rotatable bonds is 8. The van der Waals surface area contributed by atoms with E-state index in [2.05, 4.69) is 32.6 Å². The molecule has 0 spiro atoms. The number of hydrogen-bond acceptors (Lipinski definition) is 4. The van der Waals surface area contributed by atoms with Gasteiger partial charge in [-0.1, -0.05) is 38.2 Å². The van der Waals surface area contributed by atoms with E-state index in [9.17, 15) is 20.1 Å². The van der Waals surface area contributed by atoms with Gasteiger partial charge in [0.05, 0.1) is 18.3 Å². The van der Waals surface area contributed by atoms with Gasteiger partial charge in [0.2, 0.25) is 0 Å². The summed E-state index contributed by atoms with van der Waals surface area (Å²) in [4.78, 5) is 11.9. The van der Waals surface area contributed by atoms with Crippen LogP contribution in [0.5, 0.6) is 0 Å². The van der Waals surface area contributed by atoms with Crippen LogP contribution in [0.1, 0.15) is 97.8 Å². The molecule has 0 aromatic rings. The molecular formula is C30H46O4. The number of carbonyl (C=O) groups is 1. The van der Waals surface area contributed by atoms with Crippen LogP contribution >= 0.6 is 0 Å². The van der Waals surface area contributed by atoms with Crippen LogP contribution in [-0.2, 0) is 4.79 Å². The minimum Gasteiger partial charge on any atom is -0.393 e. The molecular weight excluding hydrogens is 424 g/mol. The predicted molar refractivity (Wildman–Crippen MR) is 136 cm³/mol. The molecule has 4 rings (SSSR count). The molecule has 4 nitrogen and oxygen atoms in total. The van der Waals surface area contributed by atoms with Crippen LogP contribution in [0.25, 0.3) is 0 Å². The molecule has 4 fully saturated rings. The molecule has 0 saturated heterocycles. The lowest BCUT2D eigenvalue weighted by atomic mass is 9.60. The van der Waals surface area contributed by atoms with Gasteiger partial charge in [-0.2, -0.15) is 0 Å². The number of hydrogen-bond donors (Lipinski definition) is 3. The Hall–Kier alpha value is -1.23. The molecule has 0 unspecified atom stereocenters. The molecule has 0 aromatic heterocycles. The highest BCUT2D eigenvalue weighted by Gasteiger charge is 2.52. The smallest absolute Gasteiger partial charge is 0.135 e. The Balaban J connectivity index is 1.40. The molecule has 4 aliphatic carbocycles. The summed E-state index contributed by atoms with van der Waals surface area (Å²) in [6.45, 7) is 10.5. The molecule has 0 aromatic carbocycles. The summed E-state index contributed by atoms with van der Waals surface area (Å²) in [6.07, 6.45) is 14.5. The van der Waals surface area contributed by atoms with E-state index in [4.69, 9.17) is 0 Å². The van der Waals surface area contributed by atoms with E-state index >= 15 is 0 Å². The first-order valence-electron chi connectivity index (χ1n) is 13.7. The molecule has 7 atom stereocenters. The minimum atomic E-state index is -0.645. The normalized spacial score (nSPS) is 39.2. The third-order valence-corrected chi connectivity index (χ3v) is 10.3. The lowest BCUT2D eigenvalue weighted by molar-refractivity contribution is -0.122. The zero-order valence-corrected chi connectivity index (χ0v) is 21.6. The van der Waals surface area contributed by atoms with Gasteiger partial charge in [0.25, 0.3) is 0 Å². The molecule has 3 N–H and O–H groups in total. The van der Waals surface area contributed by atoms with Crippen LogP contribution in [-0.4, -0.2) is 39.4 Å². The van der Waals surface area contributed by atoms with E-state index in [0.29, 0.717) is 30.5 Å². The molecule has 0 bridgehead atoms. The Morgan fingerprint density at radius 3 is 2.62 bits per heavy atom. The second-order valence-corrected chi connectivity index (χ2v) is 12.3. The first kappa shape index (κ1) is 25.9. The fourth-order valence-corrected chi connectivity index (χ4v) is 7.72. The number of aliphatic hydroxyl groups excluding tert-OH is 3. The highest BCUT2D eigenvalue weighted by Crippen LogP contribution is 2.60. The van der Waals surface area contributed by atoms with Crippen molar-refractivity contribution in [2.45, 2.75) is 116 Å². The van der Waals surface area contributed by atoms with E-state index in [1.54, 1.807) is 6.92 Å². The monoisotopic (exact) mass is 470 g/mol. The molecule has 4 saturated carbocycles. The zero-order chi connectivity index (χ0) is 24.7. The van der Waals surface area contributed by atoms with Crippen molar-refractivity contribution < 1.29 is 20.1 Å². The summed E-state index contributed by atoms with van der Waals surface area (Å²) in [5.41, 5.74) is 3.37. The first-order chi connectivity index (χ1) is 16.1. The Labute approximate surface area is 206 Å². The Morgan fingerprint density at radius 1 is 1.21 bits per heavy atom. The maximum Gasteiger partial charge on any atom is 0.135 e. The van der Waals surface area contributed by atoms with Crippen molar-refractivity contribution in [3.8, 4) is 0 Å². The topological polar surface area (TPSA) is 77.8 Å². The third kappa shape index (κ3) is 5.01. The highest BCUT2D eigenvalue weighted by molar-refractivity contribution is 5.84. The summed E-state index contributed by atoms with van der Waals surface area (Å²) in [7, 11) is 0. The maximum absolute atomic E-state index is 11.9. The standard InChI is InChI=1S/C30H46O4/c1-19-23(17-24(32)18-28(19)34)10-9-22-7-5-13-29(4)25(11-12-26(22)29)20(2)27(33)8-6-14-30(15-16-30)21(3)31/h9-10,20,24-28,32-34H,1,5-8,11-18H2,2-4H3/b22-9+,23-10-/t20-,24+,25+,26-,27-,28-,29+/m0/s1. The van der Waals surface area contributed by atoms with E-state index < -0.39 is 12.2 Å². The fraction of sp³-hybridized carbons (Fsp3) is 0.767. The summed E-state index contributed by atoms with van der Waals surface area (Å²) in [5, 5.41) is 31.3. The largest absolute Gasteiger partial charge is 0.393 e. The lowest BCUT2D eigenvalue weighted by Gasteiger charge is -2.45. The van der Waals surface area contributed by atoms with Crippen LogP contribution in [0.2, 0.25) is 0 Å². The molecule has 0 amide bonds. The summed E-state index contributed by atoms with van der Waals surface area (Å²) >= 11 is 0. The quantitative estimate of drug-likeness (QED) is 0.427. The van der Waals surface area contributed by atoms with Gasteiger partial charge >= 0.3 is 0 Å². The van der Waals surface area contributed by atoms with Crippen LogP contribution in [0.15, 0.2) is 35.5 Å². The second kappa shape index (κ2) is 10.0. The molecule has 190 valence electrons. The maximum atomic E-state index is 11.9. The second-order valence-electron chi connectivity index (χ2n) is 12.3. The number of Topliss-reactive ketones (excluding diaryl/α,β-unsaturated/α-hetero) is 1. The van der Waals surface area contributed by atoms with Crippen LogP contribution in [0, 0.1) is 28.6 Å². The fourth-order valence-electron chi connectivity index (χ4n) is 7.72. The van der Waals surface area contributed by atoms with Gasteiger partial charge in [0, 0.05) is 11.8 Å². The Bertz CT molecular complexity index is 850. The minimum absolute atomic E-state index is 0.0549. The van der Waals surface area contributed by atoms with Gasteiger partial charge in [0.1, 0.15) is 5.78 Å². The van der Waals surface area contributed by atoms with E-state index in [1.165, 1.54) is 24.8 Å². The molecule has 0 radical (unpaired) electrons. The van der Waals surface area contributed by atoms with Crippen molar-refractivity contribution in [1.29, 1.82) is 0 Å². The van der Waals surface area contributed by atoms with Gasteiger partial charge in [-0.15, -0.1) is 0 Å². The van der Waals surface area contributed by atoms with Gasteiger partial charge in [-0.25, -0.2) is 0 Å². The summed E-state index contributed by atoms with van der Waals surface area (Å²) in [5.74, 6) is 1.65. The molecule has 4 aliphatic rings. The highest BCUT2D eigenvalue weighted by atomic mass is 16.3. The van der Waals surface area contributed by atoms with Gasteiger partial charge < -0.3 is 15.3 Å². The van der Waals surface area contributed by atoms with Crippen molar-refractivity contribution >= 4 is 5.78 Å². The van der Waals surface area contributed by atoms with Gasteiger partial charge in [-0.3, -0.25) is 4.79 Å². The van der Waals surface area contributed by atoms with Crippen LogP contribution < -0.4 is 0 Å².